The van der Waals surface area contributed by atoms with Gasteiger partial charge in [0, 0.05) is 76.4 Å². The van der Waals surface area contributed by atoms with Gasteiger partial charge in [-0.2, -0.15) is 0 Å². The summed E-state index contributed by atoms with van der Waals surface area (Å²) in [7, 11) is 0. The predicted molar refractivity (Wildman–Crippen MR) is 408 cm³/mol. The van der Waals surface area contributed by atoms with Crippen LogP contribution in [0, 0.1) is 0 Å². The SMILES string of the molecule is c1ccc(-c2nc(-n3c4ccccc4c4cc(-c5ccc6c(c5)c5ccccc5n6-c5ccccc5)ccc43)nc3ccccc23)cc1.c1ccc(-n2c3ccccc3c3c4ccccc4c4c5ccccc5n(-c5nc(-c6ccc7ccccc7c6)c6ccccc6n5)c4c32)cc1. The van der Waals surface area contributed by atoms with E-state index in [9.17, 15) is 0 Å². The van der Waals surface area contributed by atoms with Gasteiger partial charge in [0.15, 0.2) is 0 Å². The Hall–Kier alpha value is -13.3. The molecule has 0 atom stereocenters. The van der Waals surface area contributed by atoms with Gasteiger partial charge in [0.2, 0.25) is 11.9 Å². The van der Waals surface area contributed by atoms with Gasteiger partial charge in [0.1, 0.15) is 0 Å². The van der Waals surface area contributed by atoms with E-state index in [1.54, 1.807) is 0 Å². The van der Waals surface area contributed by atoms with Crippen LogP contribution in [-0.2, 0) is 0 Å². The molecule has 0 spiro atoms. The number of nitrogens with zero attached hydrogens (tertiary/aromatic N) is 8. The molecule has 0 unspecified atom stereocenters. The van der Waals surface area contributed by atoms with Crippen molar-refractivity contribution in [3.05, 3.63) is 340 Å². The molecular weight excluding hydrogens is 1190 g/mol. The highest BCUT2D eigenvalue weighted by Gasteiger charge is 2.27. The quantitative estimate of drug-likeness (QED) is 0.159. The molecule has 21 aromatic rings. The highest BCUT2D eigenvalue weighted by atomic mass is 15.2. The third kappa shape index (κ3) is 8.58. The smallest absolute Gasteiger partial charge is 0.235 e. The van der Waals surface area contributed by atoms with Gasteiger partial charge in [-0.1, -0.05) is 249 Å². The Morgan fingerprint density at radius 3 is 1.12 bits per heavy atom. The summed E-state index contributed by atoms with van der Waals surface area (Å²) in [5, 5.41) is 16.6. The monoisotopic (exact) mass is 1250 g/mol. The third-order valence-electron chi connectivity index (χ3n) is 19.8. The van der Waals surface area contributed by atoms with Crippen molar-refractivity contribution >= 4 is 131 Å². The molecule has 15 aromatic carbocycles. The maximum Gasteiger partial charge on any atom is 0.235 e. The number of hydrogen-bond acceptors (Lipinski definition) is 4. The Balaban J connectivity index is 0.000000133. The van der Waals surface area contributed by atoms with Crippen molar-refractivity contribution in [1.29, 1.82) is 0 Å². The molecule has 0 saturated carbocycles. The normalized spacial score (nSPS) is 11.9. The molecule has 0 saturated heterocycles. The summed E-state index contributed by atoms with van der Waals surface area (Å²) in [5.41, 5.74) is 19.5. The molecular formula is C90H56N8. The van der Waals surface area contributed by atoms with E-state index in [2.05, 4.69) is 346 Å². The van der Waals surface area contributed by atoms with Gasteiger partial charge in [-0.25, -0.2) is 19.9 Å². The number of fused-ring (bicyclic) bond motifs is 19. The van der Waals surface area contributed by atoms with Crippen molar-refractivity contribution in [3.63, 3.8) is 0 Å². The van der Waals surface area contributed by atoms with E-state index in [-0.39, 0.29) is 0 Å². The van der Waals surface area contributed by atoms with E-state index in [1.165, 1.54) is 92.3 Å². The average Bonchev–Trinajstić information content (AvgIpc) is 1.55. The van der Waals surface area contributed by atoms with Crippen LogP contribution in [0.2, 0.25) is 0 Å². The van der Waals surface area contributed by atoms with Gasteiger partial charge < -0.3 is 9.13 Å². The summed E-state index contributed by atoms with van der Waals surface area (Å²) in [6.07, 6.45) is 0. The largest absolute Gasteiger partial charge is 0.309 e. The van der Waals surface area contributed by atoms with Crippen LogP contribution in [0.15, 0.2) is 340 Å². The minimum Gasteiger partial charge on any atom is -0.309 e. The first-order valence-corrected chi connectivity index (χ1v) is 33.3. The van der Waals surface area contributed by atoms with Crippen LogP contribution in [0.4, 0.5) is 0 Å². The van der Waals surface area contributed by atoms with Gasteiger partial charge >= 0.3 is 0 Å². The number of rotatable bonds is 7. The second-order valence-corrected chi connectivity index (χ2v) is 25.2. The Kier molecular flexibility index (Phi) is 12.5. The first-order chi connectivity index (χ1) is 48.6. The third-order valence-corrected chi connectivity index (χ3v) is 19.8. The van der Waals surface area contributed by atoms with Crippen LogP contribution in [-0.4, -0.2) is 38.2 Å². The molecule has 0 aliphatic carbocycles. The molecule has 0 bridgehead atoms. The maximum atomic E-state index is 5.51. The van der Waals surface area contributed by atoms with E-state index < -0.39 is 0 Å². The van der Waals surface area contributed by atoms with Gasteiger partial charge in [0.05, 0.1) is 66.6 Å². The van der Waals surface area contributed by atoms with E-state index in [1.807, 2.05) is 12.1 Å². The van der Waals surface area contributed by atoms with Gasteiger partial charge in [-0.3, -0.25) is 9.13 Å². The number of benzene rings is 15. The second-order valence-electron chi connectivity index (χ2n) is 25.2. The Morgan fingerprint density at radius 2 is 0.561 bits per heavy atom. The van der Waals surface area contributed by atoms with Crippen molar-refractivity contribution in [2.75, 3.05) is 0 Å². The maximum absolute atomic E-state index is 5.51. The van der Waals surface area contributed by atoms with Gasteiger partial charge in [-0.05, 0) is 124 Å². The second kappa shape index (κ2) is 22.2. The first-order valence-electron chi connectivity index (χ1n) is 33.3. The van der Waals surface area contributed by atoms with Crippen LogP contribution in [0.5, 0.6) is 0 Å². The Labute approximate surface area is 562 Å². The average molecular weight is 1250 g/mol. The lowest BCUT2D eigenvalue weighted by Gasteiger charge is -2.15. The summed E-state index contributed by atoms with van der Waals surface area (Å²) in [6, 6.07) is 121. The van der Waals surface area contributed by atoms with Crippen molar-refractivity contribution in [2.24, 2.45) is 0 Å². The van der Waals surface area contributed by atoms with Crippen molar-refractivity contribution in [2.45, 2.75) is 0 Å². The van der Waals surface area contributed by atoms with Crippen molar-refractivity contribution < 1.29 is 0 Å². The van der Waals surface area contributed by atoms with Crippen LogP contribution < -0.4 is 0 Å². The van der Waals surface area contributed by atoms with Crippen LogP contribution in [0.1, 0.15) is 0 Å². The fourth-order valence-electron chi connectivity index (χ4n) is 15.5. The van der Waals surface area contributed by atoms with Crippen LogP contribution in [0.3, 0.4) is 0 Å². The molecule has 0 radical (unpaired) electrons. The van der Waals surface area contributed by atoms with E-state index in [4.69, 9.17) is 19.9 Å². The molecule has 8 heteroatoms. The Morgan fingerprint density at radius 1 is 0.194 bits per heavy atom. The number of para-hydroxylation sites is 8. The molecule has 0 amide bonds. The lowest BCUT2D eigenvalue weighted by Crippen LogP contribution is -2.05. The molecule has 21 rings (SSSR count). The number of aromatic nitrogens is 8. The fourth-order valence-corrected chi connectivity index (χ4v) is 15.5. The van der Waals surface area contributed by atoms with E-state index in [0.29, 0.717) is 11.9 Å². The summed E-state index contributed by atoms with van der Waals surface area (Å²) >= 11 is 0. The molecule has 0 aliphatic heterocycles. The van der Waals surface area contributed by atoms with Crippen molar-refractivity contribution in [1.82, 2.24) is 38.2 Å². The Bertz CT molecular complexity index is 6800. The molecule has 0 aliphatic rings. The topological polar surface area (TPSA) is 71.3 Å². The highest BCUT2D eigenvalue weighted by molar-refractivity contribution is 6.36. The van der Waals surface area contributed by atoms with E-state index in [0.717, 1.165) is 83.3 Å². The van der Waals surface area contributed by atoms with Crippen LogP contribution in [0.25, 0.3) is 187 Å². The lowest BCUT2D eigenvalue weighted by molar-refractivity contribution is 1.01. The minimum absolute atomic E-state index is 0.652. The highest BCUT2D eigenvalue weighted by Crippen LogP contribution is 2.47. The lowest BCUT2D eigenvalue weighted by atomic mass is 9.98. The first kappa shape index (κ1) is 55.2. The molecule has 98 heavy (non-hydrogen) atoms. The summed E-state index contributed by atoms with van der Waals surface area (Å²) in [5.74, 6) is 1.32. The fraction of sp³-hybridized carbons (Fsp3) is 0. The zero-order chi connectivity index (χ0) is 64.4. The standard InChI is InChI=1S/C46H28N4.C44H28N4/c1-2-16-32(17-3-1)49-39-24-12-9-21-36(39)41-33-18-6-7-19-34(33)42-37-22-10-13-25-40(37)50(45(42)44(41)49)46-47-38-23-11-8-20-35(38)43(48-46)31-27-26-29-14-4-5-15-30(29)28-31;1-3-13-29(14-4-1)43-35-19-7-10-20-38(35)45-44(46-43)48-40-22-12-9-18-34(40)37-28-31(24-26-42(37)48)30-23-25-41-36(27-30)33-17-8-11-21-39(33)47(41)32-15-5-2-6-16-32/h1-28H;1-28H. The summed E-state index contributed by atoms with van der Waals surface area (Å²) < 4.78 is 9.32. The predicted octanol–water partition coefficient (Wildman–Crippen LogP) is 23.0. The molecule has 456 valence electrons. The number of hydrogen-bond donors (Lipinski definition) is 0. The molecule has 6 aromatic heterocycles. The van der Waals surface area contributed by atoms with Crippen LogP contribution >= 0.6 is 0 Å². The molecule has 0 fully saturated rings. The zero-order valence-corrected chi connectivity index (χ0v) is 52.9. The molecule has 0 N–H and O–H groups in total. The zero-order valence-electron chi connectivity index (χ0n) is 52.9. The van der Waals surface area contributed by atoms with Gasteiger partial charge in [0.25, 0.3) is 0 Å². The summed E-state index contributed by atoms with van der Waals surface area (Å²) in [4.78, 5) is 21.2. The minimum atomic E-state index is 0.652. The van der Waals surface area contributed by atoms with Crippen molar-refractivity contribution in [3.8, 4) is 56.9 Å². The summed E-state index contributed by atoms with van der Waals surface area (Å²) in [6.45, 7) is 0. The van der Waals surface area contributed by atoms with E-state index >= 15 is 0 Å². The molecule has 8 nitrogen and oxygen atoms in total. The molecule has 6 heterocycles. The van der Waals surface area contributed by atoms with Gasteiger partial charge in [-0.15, -0.1) is 0 Å².